The number of carbonyl (C=O) groups excluding carboxylic acids is 1. The van der Waals surface area contributed by atoms with Gasteiger partial charge in [-0.2, -0.15) is 13.2 Å². The number of alkyl halides is 3. The second-order valence-corrected chi connectivity index (χ2v) is 4.61. The number of carbonyl (C=O) groups is 1. The van der Waals surface area contributed by atoms with Crippen molar-refractivity contribution in [1.29, 1.82) is 0 Å². The molecule has 0 radical (unpaired) electrons. The molecule has 0 aromatic heterocycles. The van der Waals surface area contributed by atoms with Crippen molar-refractivity contribution < 1.29 is 32.2 Å². The minimum Gasteiger partial charge on any atom is -0.493 e. The highest BCUT2D eigenvalue weighted by atomic mass is 19.4. The van der Waals surface area contributed by atoms with Gasteiger partial charge in [-0.25, -0.2) is 0 Å². The van der Waals surface area contributed by atoms with Crippen LogP contribution in [0.1, 0.15) is 6.92 Å². The fourth-order valence-electron chi connectivity index (χ4n) is 1.82. The Morgan fingerprint density at radius 2 is 1.65 bits per heavy atom. The molecule has 1 amide bonds. The lowest BCUT2D eigenvalue weighted by Crippen LogP contribution is -2.42. The Morgan fingerprint density at radius 1 is 1.13 bits per heavy atom. The maximum Gasteiger partial charge on any atom is 0.405 e. The van der Waals surface area contributed by atoms with Crippen LogP contribution in [0.25, 0.3) is 0 Å². The summed E-state index contributed by atoms with van der Waals surface area (Å²) in [4.78, 5) is 11.7. The van der Waals surface area contributed by atoms with Crippen molar-refractivity contribution in [3.05, 3.63) is 12.1 Å². The standard InChI is InChI=1S/C14H19F3N2O4/c1-8(13(20)18-7-14(15,16)17)19-9-5-10(21-2)12(23-4)11(6-9)22-3/h5-6,8,19H,7H2,1-4H3,(H,18,20)/t8-/m1/s1. The zero-order chi connectivity index (χ0) is 17.6. The topological polar surface area (TPSA) is 68.8 Å². The average Bonchev–Trinajstić information content (AvgIpc) is 2.50. The van der Waals surface area contributed by atoms with E-state index < -0.39 is 24.7 Å². The quantitative estimate of drug-likeness (QED) is 0.799. The fraction of sp³-hybridized carbons (Fsp3) is 0.500. The minimum absolute atomic E-state index is 0.359. The number of rotatable bonds is 7. The van der Waals surface area contributed by atoms with Crippen LogP contribution in [0, 0.1) is 0 Å². The molecular weight excluding hydrogens is 317 g/mol. The van der Waals surface area contributed by atoms with Gasteiger partial charge in [0.15, 0.2) is 11.5 Å². The maximum atomic E-state index is 12.1. The van der Waals surface area contributed by atoms with Gasteiger partial charge >= 0.3 is 6.18 Å². The van der Waals surface area contributed by atoms with Gasteiger partial charge in [-0.05, 0) is 6.92 Å². The van der Waals surface area contributed by atoms with Crippen LogP contribution in [0.3, 0.4) is 0 Å². The molecule has 0 aliphatic heterocycles. The smallest absolute Gasteiger partial charge is 0.405 e. The summed E-state index contributed by atoms with van der Waals surface area (Å²) < 4.78 is 51.8. The highest BCUT2D eigenvalue weighted by Gasteiger charge is 2.28. The van der Waals surface area contributed by atoms with Gasteiger partial charge < -0.3 is 24.8 Å². The van der Waals surface area contributed by atoms with Crippen LogP contribution >= 0.6 is 0 Å². The zero-order valence-corrected chi connectivity index (χ0v) is 13.2. The molecular formula is C14H19F3N2O4. The van der Waals surface area contributed by atoms with E-state index in [1.165, 1.54) is 28.3 Å². The number of halogens is 3. The first-order valence-electron chi connectivity index (χ1n) is 6.62. The van der Waals surface area contributed by atoms with E-state index in [4.69, 9.17) is 14.2 Å². The van der Waals surface area contributed by atoms with Gasteiger partial charge in [-0.15, -0.1) is 0 Å². The summed E-state index contributed by atoms with van der Waals surface area (Å²) in [5.41, 5.74) is 0.439. The molecule has 130 valence electrons. The Balaban J connectivity index is 2.85. The molecule has 1 atom stereocenters. The van der Waals surface area contributed by atoms with Gasteiger partial charge in [-0.3, -0.25) is 4.79 Å². The monoisotopic (exact) mass is 336 g/mol. The van der Waals surface area contributed by atoms with Crippen molar-refractivity contribution in [2.24, 2.45) is 0 Å². The van der Waals surface area contributed by atoms with E-state index in [0.29, 0.717) is 22.9 Å². The Bertz CT molecular complexity index is 524. The van der Waals surface area contributed by atoms with Gasteiger partial charge in [0.05, 0.1) is 21.3 Å². The summed E-state index contributed by atoms with van der Waals surface area (Å²) in [7, 11) is 4.31. The molecule has 1 aromatic carbocycles. The van der Waals surface area contributed by atoms with Crippen molar-refractivity contribution in [2.45, 2.75) is 19.1 Å². The van der Waals surface area contributed by atoms with Gasteiger partial charge in [0.2, 0.25) is 11.7 Å². The molecule has 0 aliphatic carbocycles. The third kappa shape index (κ3) is 5.42. The first-order valence-corrected chi connectivity index (χ1v) is 6.62. The SMILES string of the molecule is COc1cc(N[C@H](C)C(=O)NCC(F)(F)F)cc(OC)c1OC. The molecule has 0 bridgehead atoms. The number of hydrogen-bond acceptors (Lipinski definition) is 5. The van der Waals surface area contributed by atoms with E-state index in [0.717, 1.165) is 0 Å². The van der Waals surface area contributed by atoms with Crippen molar-refractivity contribution in [1.82, 2.24) is 5.32 Å². The Labute approximate surface area is 131 Å². The van der Waals surface area contributed by atoms with Crippen molar-refractivity contribution in [3.63, 3.8) is 0 Å². The highest BCUT2D eigenvalue weighted by molar-refractivity contribution is 5.84. The maximum absolute atomic E-state index is 12.1. The summed E-state index contributed by atoms with van der Waals surface area (Å²) in [5.74, 6) is 0.306. The second-order valence-electron chi connectivity index (χ2n) is 4.61. The molecule has 0 aliphatic rings. The Kier molecular flexibility index (Phi) is 6.35. The molecule has 0 saturated heterocycles. The number of benzene rings is 1. The van der Waals surface area contributed by atoms with Crippen molar-refractivity contribution in [3.8, 4) is 17.2 Å². The minimum atomic E-state index is -4.46. The van der Waals surface area contributed by atoms with Crippen LogP contribution in [0.2, 0.25) is 0 Å². The van der Waals surface area contributed by atoms with Gasteiger partial charge in [-0.1, -0.05) is 0 Å². The van der Waals surface area contributed by atoms with Gasteiger partial charge in [0, 0.05) is 17.8 Å². The highest BCUT2D eigenvalue weighted by Crippen LogP contribution is 2.40. The molecule has 0 unspecified atom stereocenters. The van der Waals surface area contributed by atoms with Crippen LogP contribution in [0.15, 0.2) is 12.1 Å². The second kappa shape index (κ2) is 7.80. The number of anilines is 1. The molecule has 1 aromatic rings. The van der Waals surface area contributed by atoms with E-state index in [9.17, 15) is 18.0 Å². The number of ether oxygens (including phenoxy) is 3. The third-order valence-corrected chi connectivity index (χ3v) is 2.90. The van der Waals surface area contributed by atoms with Gasteiger partial charge in [0.25, 0.3) is 0 Å². The van der Waals surface area contributed by atoms with E-state index in [1.54, 1.807) is 12.1 Å². The van der Waals surface area contributed by atoms with Gasteiger partial charge in [0.1, 0.15) is 12.6 Å². The summed E-state index contributed by atoms with van der Waals surface area (Å²) in [6.07, 6.45) is -4.46. The first-order chi connectivity index (χ1) is 10.7. The summed E-state index contributed by atoms with van der Waals surface area (Å²) in [6.45, 7) is 0.0575. The molecule has 0 saturated carbocycles. The Morgan fingerprint density at radius 3 is 2.04 bits per heavy atom. The number of nitrogens with one attached hydrogen (secondary N) is 2. The van der Waals surface area contributed by atoms with E-state index in [1.807, 2.05) is 5.32 Å². The molecule has 23 heavy (non-hydrogen) atoms. The normalized spacial score (nSPS) is 12.3. The summed E-state index contributed by atoms with van der Waals surface area (Å²) in [6, 6.07) is 2.21. The molecule has 0 fully saturated rings. The lowest BCUT2D eigenvalue weighted by molar-refractivity contribution is -0.138. The number of amides is 1. The molecule has 1 rings (SSSR count). The van der Waals surface area contributed by atoms with Crippen LogP contribution in [-0.2, 0) is 4.79 Å². The van der Waals surface area contributed by atoms with Crippen molar-refractivity contribution >= 4 is 11.6 Å². The molecule has 0 heterocycles. The predicted molar refractivity (Wildman–Crippen MR) is 78.2 cm³/mol. The predicted octanol–water partition coefficient (Wildman–Crippen LogP) is 2.19. The Hall–Kier alpha value is -2.32. The zero-order valence-electron chi connectivity index (χ0n) is 13.2. The molecule has 0 spiro atoms. The lowest BCUT2D eigenvalue weighted by Gasteiger charge is -2.18. The summed E-state index contributed by atoms with van der Waals surface area (Å²) >= 11 is 0. The molecule has 9 heteroatoms. The summed E-state index contributed by atoms with van der Waals surface area (Å²) in [5, 5.41) is 4.59. The van der Waals surface area contributed by atoms with Crippen LogP contribution in [0.5, 0.6) is 17.2 Å². The van der Waals surface area contributed by atoms with E-state index in [2.05, 4.69) is 5.32 Å². The number of methoxy groups -OCH3 is 3. The average molecular weight is 336 g/mol. The third-order valence-electron chi connectivity index (χ3n) is 2.90. The van der Waals surface area contributed by atoms with Crippen LogP contribution in [-0.4, -0.2) is 46.0 Å². The largest absolute Gasteiger partial charge is 0.493 e. The van der Waals surface area contributed by atoms with Crippen LogP contribution in [0.4, 0.5) is 18.9 Å². The fourth-order valence-corrected chi connectivity index (χ4v) is 1.82. The molecule has 2 N–H and O–H groups in total. The van der Waals surface area contributed by atoms with E-state index in [-0.39, 0.29) is 0 Å². The number of hydrogen-bond donors (Lipinski definition) is 2. The van der Waals surface area contributed by atoms with E-state index >= 15 is 0 Å². The van der Waals surface area contributed by atoms with Crippen LogP contribution < -0.4 is 24.8 Å². The lowest BCUT2D eigenvalue weighted by atomic mass is 10.2. The first kappa shape index (κ1) is 18.7. The van der Waals surface area contributed by atoms with Crippen molar-refractivity contribution in [2.75, 3.05) is 33.2 Å². The molecule has 6 nitrogen and oxygen atoms in total.